The van der Waals surface area contributed by atoms with Gasteiger partial charge in [-0.15, -0.1) is 0 Å². The van der Waals surface area contributed by atoms with Crippen molar-refractivity contribution in [2.75, 3.05) is 13.1 Å². The van der Waals surface area contributed by atoms with E-state index in [0.29, 0.717) is 12.8 Å². The van der Waals surface area contributed by atoms with Gasteiger partial charge in [0.1, 0.15) is 0 Å². The largest absolute Gasteiger partial charge is 0.478 e. The third kappa shape index (κ3) is 3.65. The molecule has 1 saturated heterocycles. The Morgan fingerprint density at radius 3 is 2.18 bits per heavy atom. The van der Waals surface area contributed by atoms with Crippen molar-refractivity contribution in [1.29, 1.82) is 0 Å². The zero-order valence-electron chi connectivity index (χ0n) is 6.32. The molecule has 5 heteroatoms. The minimum atomic E-state index is -4.56. The molecule has 0 saturated carbocycles. The lowest BCUT2D eigenvalue weighted by Crippen LogP contribution is -2.31. The molecule has 0 aromatic carbocycles. The molecule has 0 aliphatic carbocycles. The normalized spacial score (nSPS) is 22.1. The lowest BCUT2D eigenvalue weighted by Gasteiger charge is -2.26. The Balaban J connectivity index is 2.24. The number of rotatable bonds is 2. The van der Waals surface area contributed by atoms with Gasteiger partial charge in [-0.25, -0.2) is 0 Å². The maximum atomic E-state index is 11.9. The van der Waals surface area contributed by atoms with Crippen LogP contribution in [0.1, 0.15) is 12.8 Å². The molecule has 0 spiro atoms. The van der Waals surface area contributed by atoms with E-state index in [4.69, 9.17) is 0 Å². The van der Waals surface area contributed by atoms with Crippen molar-refractivity contribution < 1.29 is 12.9 Å². The van der Waals surface area contributed by atoms with Crippen LogP contribution in [0.25, 0.3) is 0 Å². The van der Waals surface area contributed by atoms with Gasteiger partial charge in [-0.3, -0.25) is 0 Å². The van der Waals surface area contributed by atoms with Crippen LogP contribution >= 0.6 is 0 Å². The first-order chi connectivity index (χ1) is 5.08. The van der Waals surface area contributed by atoms with E-state index in [9.17, 15) is 12.9 Å². The summed E-state index contributed by atoms with van der Waals surface area (Å²) in [6.45, 7) is -3.06. The van der Waals surface area contributed by atoms with Crippen LogP contribution in [0.3, 0.4) is 0 Å². The fourth-order valence-electron chi connectivity index (χ4n) is 1.50. The zero-order chi connectivity index (χ0) is 8.32. The molecule has 1 aliphatic rings. The van der Waals surface area contributed by atoms with E-state index in [1.165, 1.54) is 0 Å². The van der Waals surface area contributed by atoms with Gasteiger partial charge in [0.25, 0.3) is 0 Å². The van der Waals surface area contributed by atoms with Gasteiger partial charge in [0.05, 0.1) is 0 Å². The van der Waals surface area contributed by atoms with Crippen LogP contribution in [-0.2, 0) is 0 Å². The predicted molar refractivity (Wildman–Crippen MR) is 39.5 cm³/mol. The minimum Gasteiger partial charge on any atom is -0.449 e. The average molecular weight is 166 g/mol. The van der Waals surface area contributed by atoms with E-state index < -0.39 is 13.3 Å². The fraction of sp³-hybridized carbons (Fsp3) is 1.00. The third-order valence-electron chi connectivity index (χ3n) is 2.06. The Hall–Kier alpha value is -0.185. The van der Waals surface area contributed by atoms with E-state index >= 15 is 0 Å². The molecule has 0 unspecified atom stereocenters. The van der Waals surface area contributed by atoms with Crippen molar-refractivity contribution >= 4 is 6.98 Å². The second-order valence-electron chi connectivity index (χ2n) is 3.14. The van der Waals surface area contributed by atoms with Crippen LogP contribution in [-0.4, -0.2) is 20.1 Å². The first kappa shape index (κ1) is 8.91. The number of halogens is 3. The molecule has 1 N–H and O–H groups in total. The number of piperidine rings is 1. The van der Waals surface area contributed by atoms with E-state index in [2.05, 4.69) is 5.32 Å². The van der Waals surface area contributed by atoms with E-state index in [-0.39, 0.29) is 5.92 Å². The third-order valence-corrected chi connectivity index (χ3v) is 2.06. The second-order valence-corrected chi connectivity index (χ2v) is 3.14. The molecule has 1 heterocycles. The summed E-state index contributed by atoms with van der Waals surface area (Å²) in [5, 5.41) is 3.04. The molecular formula is C6H12BF3N-. The summed E-state index contributed by atoms with van der Waals surface area (Å²) in [5.41, 5.74) is 0. The molecular weight excluding hydrogens is 154 g/mol. The van der Waals surface area contributed by atoms with Gasteiger partial charge in [0.2, 0.25) is 0 Å². The van der Waals surface area contributed by atoms with Gasteiger partial charge in [-0.1, -0.05) is 12.2 Å². The summed E-state index contributed by atoms with van der Waals surface area (Å²) in [6, 6.07) is 0. The SMILES string of the molecule is F[B-](F)(F)CC1CCNCC1. The molecule has 0 radical (unpaired) electrons. The topological polar surface area (TPSA) is 12.0 Å². The monoisotopic (exact) mass is 166 g/mol. The van der Waals surface area contributed by atoms with Crippen LogP contribution in [0.2, 0.25) is 6.32 Å². The standard InChI is InChI=1S/C6H12BF3N/c8-7(9,10)5-6-1-3-11-4-2-6/h6,11H,1-5H2/q-1. The Morgan fingerprint density at radius 2 is 1.73 bits per heavy atom. The molecule has 1 fully saturated rings. The van der Waals surface area contributed by atoms with E-state index in [1.54, 1.807) is 0 Å². The minimum absolute atomic E-state index is 0.115. The van der Waals surface area contributed by atoms with Crippen molar-refractivity contribution in [3.05, 3.63) is 0 Å². The van der Waals surface area contributed by atoms with Crippen LogP contribution in [0.15, 0.2) is 0 Å². The van der Waals surface area contributed by atoms with Gasteiger partial charge in [-0.2, -0.15) is 0 Å². The van der Waals surface area contributed by atoms with Crippen LogP contribution in [0.5, 0.6) is 0 Å². The number of hydrogen-bond acceptors (Lipinski definition) is 1. The summed E-state index contributed by atoms with van der Waals surface area (Å²) in [4.78, 5) is 0. The highest BCUT2D eigenvalue weighted by Gasteiger charge is 2.27. The van der Waals surface area contributed by atoms with E-state index in [0.717, 1.165) is 13.1 Å². The molecule has 66 valence electrons. The first-order valence-electron chi connectivity index (χ1n) is 3.99. The summed E-state index contributed by atoms with van der Waals surface area (Å²) in [6.07, 6.45) is 0.824. The molecule has 0 amide bonds. The van der Waals surface area contributed by atoms with Crippen molar-refractivity contribution in [3.63, 3.8) is 0 Å². The molecule has 1 rings (SSSR count). The highest BCUT2D eigenvalue weighted by atomic mass is 19.4. The van der Waals surface area contributed by atoms with Crippen molar-refractivity contribution in [1.82, 2.24) is 5.32 Å². The first-order valence-corrected chi connectivity index (χ1v) is 3.99. The van der Waals surface area contributed by atoms with Crippen LogP contribution in [0, 0.1) is 5.92 Å². The average Bonchev–Trinajstić information content (AvgIpc) is 1.85. The van der Waals surface area contributed by atoms with Crippen molar-refractivity contribution in [3.8, 4) is 0 Å². The smallest absolute Gasteiger partial charge is 0.449 e. The molecule has 0 atom stereocenters. The van der Waals surface area contributed by atoms with Crippen LogP contribution in [0.4, 0.5) is 12.9 Å². The quantitative estimate of drug-likeness (QED) is 0.617. The van der Waals surface area contributed by atoms with Gasteiger partial charge < -0.3 is 18.3 Å². The lowest BCUT2D eigenvalue weighted by atomic mass is 9.75. The summed E-state index contributed by atoms with van der Waals surface area (Å²) >= 11 is 0. The maximum absolute atomic E-state index is 11.9. The second kappa shape index (κ2) is 3.47. The Morgan fingerprint density at radius 1 is 1.18 bits per heavy atom. The molecule has 1 aliphatic heterocycles. The highest BCUT2D eigenvalue weighted by molar-refractivity contribution is 6.58. The Kier molecular flexibility index (Phi) is 2.81. The lowest BCUT2D eigenvalue weighted by molar-refractivity contribution is 0.360. The van der Waals surface area contributed by atoms with Crippen LogP contribution < -0.4 is 5.32 Å². The molecule has 11 heavy (non-hydrogen) atoms. The Labute approximate surface area is 64.4 Å². The molecule has 0 aromatic heterocycles. The summed E-state index contributed by atoms with van der Waals surface area (Å²) < 4.78 is 35.6. The number of nitrogens with one attached hydrogen (secondary N) is 1. The summed E-state index contributed by atoms with van der Waals surface area (Å²) in [7, 11) is 0. The van der Waals surface area contributed by atoms with Gasteiger partial charge >= 0.3 is 6.98 Å². The fourth-order valence-corrected chi connectivity index (χ4v) is 1.50. The maximum Gasteiger partial charge on any atom is 0.478 e. The molecule has 0 bridgehead atoms. The van der Waals surface area contributed by atoms with Crippen molar-refractivity contribution in [2.45, 2.75) is 19.2 Å². The zero-order valence-corrected chi connectivity index (χ0v) is 6.32. The predicted octanol–water partition coefficient (Wildman–Crippen LogP) is 1.83. The molecule has 1 nitrogen and oxygen atoms in total. The van der Waals surface area contributed by atoms with E-state index in [1.807, 2.05) is 0 Å². The molecule has 0 aromatic rings. The highest BCUT2D eigenvalue weighted by Crippen LogP contribution is 2.26. The van der Waals surface area contributed by atoms with Gasteiger partial charge in [0, 0.05) is 0 Å². The number of hydrogen-bond donors (Lipinski definition) is 1. The van der Waals surface area contributed by atoms with Gasteiger partial charge in [0.15, 0.2) is 0 Å². The summed E-state index contributed by atoms with van der Waals surface area (Å²) in [5.74, 6) is -0.115. The van der Waals surface area contributed by atoms with Crippen molar-refractivity contribution in [2.24, 2.45) is 5.92 Å². The Bertz CT molecular complexity index is 119. The van der Waals surface area contributed by atoms with Gasteiger partial charge in [-0.05, 0) is 25.9 Å².